The van der Waals surface area contributed by atoms with Gasteiger partial charge in [0.05, 0.1) is 5.92 Å². The number of likely N-dealkylation sites (tertiary alicyclic amines) is 1. The number of halogens is 1. The molecule has 1 N–H and O–H groups in total. The molecule has 0 spiro atoms. The van der Waals surface area contributed by atoms with Gasteiger partial charge in [-0.25, -0.2) is 4.39 Å². The molecule has 2 amide bonds. The fourth-order valence-electron chi connectivity index (χ4n) is 3.62. The second-order valence-corrected chi connectivity index (χ2v) is 7.28. The molecule has 0 bridgehead atoms. The van der Waals surface area contributed by atoms with Gasteiger partial charge in [0.2, 0.25) is 5.91 Å². The van der Waals surface area contributed by atoms with Crippen molar-refractivity contribution in [3.63, 3.8) is 0 Å². The van der Waals surface area contributed by atoms with E-state index in [0.717, 1.165) is 24.0 Å². The first kappa shape index (κ1) is 19.1. The van der Waals surface area contributed by atoms with Crippen LogP contribution >= 0.6 is 0 Å². The van der Waals surface area contributed by atoms with Crippen LogP contribution in [0.4, 0.5) is 4.39 Å². The molecule has 1 fully saturated rings. The Morgan fingerprint density at radius 1 is 1.15 bits per heavy atom. The third-order valence-corrected chi connectivity index (χ3v) is 4.96. The molecule has 5 heteroatoms. The van der Waals surface area contributed by atoms with E-state index in [1.807, 2.05) is 32.0 Å². The van der Waals surface area contributed by atoms with Crippen LogP contribution in [0.25, 0.3) is 0 Å². The lowest BCUT2D eigenvalue weighted by Crippen LogP contribution is -2.45. The fourth-order valence-corrected chi connectivity index (χ4v) is 3.62. The lowest BCUT2D eigenvalue weighted by molar-refractivity contribution is -0.126. The van der Waals surface area contributed by atoms with Crippen molar-refractivity contribution in [2.45, 2.75) is 33.2 Å². The summed E-state index contributed by atoms with van der Waals surface area (Å²) in [7, 11) is 0. The van der Waals surface area contributed by atoms with Gasteiger partial charge in [0.15, 0.2) is 0 Å². The minimum Gasteiger partial charge on any atom is -0.352 e. The molecule has 0 aromatic heterocycles. The zero-order valence-electron chi connectivity index (χ0n) is 15.8. The van der Waals surface area contributed by atoms with Gasteiger partial charge in [0.25, 0.3) is 5.91 Å². The monoisotopic (exact) mass is 368 g/mol. The van der Waals surface area contributed by atoms with Gasteiger partial charge in [-0.3, -0.25) is 9.59 Å². The Morgan fingerprint density at radius 3 is 2.56 bits per heavy atom. The summed E-state index contributed by atoms with van der Waals surface area (Å²) in [5, 5.41) is 2.81. The van der Waals surface area contributed by atoms with Crippen LogP contribution < -0.4 is 5.32 Å². The number of carbonyl (C=O) groups is 2. The average Bonchev–Trinajstić information content (AvgIpc) is 2.66. The van der Waals surface area contributed by atoms with Crippen molar-refractivity contribution in [1.82, 2.24) is 10.2 Å². The summed E-state index contributed by atoms with van der Waals surface area (Å²) in [4.78, 5) is 27.1. The molecule has 0 aliphatic carbocycles. The van der Waals surface area contributed by atoms with Crippen LogP contribution in [0.3, 0.4) is 0 Å². The van der Waals surface area contributed by atoms with Gasteiger partial charge < -0.3 is 10.2 Å². The highest BCUT2D eigenvalue weighted by Crippen LogP contribution is 2.20. The summed E-state index contributed by atoms with van der Waals surface area (Å²) >= 11 is 0. The zero-order chi connectivity index (χ0) is 19.4. The summed E-state index contributed by atoms with van der Waals surface area (Å²) in [5.74, 6) is -0.752. The van der Waals surface area contributed by atoms with E-state index in [2.05, 4.69) is 5.32 Å². The van der Waals surface area contributed by atoms with Crippen LogP contribution in [0.2, 0.25) is 0 Å². The predicted molar refractivity (Wildman–Crippen MR) is 103 cm³/mol. The van der Waals surface area contributed by atoms with Crippen molar-refractivity contribution in [3.05, 3.63) is 70.5 Å². The second kappa shape index (κ2) is 8.33. The number of piperidine rings is 1. The Labute approximate surface area is 159 Å². The SMILES string of the molecule is Cc1cc(C)cc(C(=O)N2CCC[C@@H](C(=O)NCc3ccccc3F)C2)c1. The number of amides is 2. The van der Waals surface area contributed by atoms with Crippen LogP contribution in [-0.2, 0) is 11.3 Å². The highest BCUT2D eigenvalue weighted by atomic mass is 19.1. The molecule has 0 unspecified atom stereocenters. The Bertz CT molecular complexity index is 830. The lowest BCUT2D eigenvalue weighted by atomic mass is 9.96. The maximum absolute atomic E-state index is 13.7. The maximum atomic E-state index is 13.7. The van der Waals surface area contributed by atoms with E-state index in [0.29, 0.717) is 24.2 Å². The molecular weight excluding hydrogens is 343 g/mol. The Hall–Kier alpha value is -2.69. The molecule has 142 valence electrons. The highest BCUT2D eigenvalue weighted by Gasteiger charge is 2.29. The predicted octanol–water partition coefficient (Wildman–Crippen LogP) is 3.61. The smallest absolute Gasteiger partial charge is 0.253 e. The molecule has 2 aromatic rings. The molecule has 1 saturated heterocycles. The van der Waals surface area contributed by atoms with Gasteiger partial charge >= 0.3 is 0 Å². The van der Waals surface area contributed by atoms with E-state index in [-0.39, 0.29) is 30.1 Å². The van der Waals surface area contributed by atoms with Crippen LogP contribution in [0.15, 0.2) is 42.5 Å². The molecule has 1 aliphatic rings. The van der Waals surface area contributed by atoms with E-state index >= 15 is 0 Å². The molecule has 2 aromatic carbocycles. The normalized spacial score (nSPS) is 16.9. The quantitative estimate of drug-likeness (QED) is 0.896. The molecule has 0 saturated carbocycles. The van der Waals surface area contributed by atoms with E-state index in [4.69, 9.17) is 0 Å². The third-order valence-electron chi connectivity index (χ3n) is 4.96. The summed E-state index contributed by atoms with van der Waals surface area (Å²) in [6.07, 6.45) is 1.52. The summed E-state index contributed by atoms with van der Waals surface area (Å²) in [6, 6.07) is 12.2. The number of nitrogens with zero attached hydrogens (tertiary/aromatic N) is 1. The second-order valence-electron chi connectivity index (χ2n) is 7.28. The number of hydrogen-bond acceptors (Lipinski definition) is 2. The van der Waals surface area contributed by atoms with E-state index < -0.39 is 0 Å². The number of hydrogen-bond donors (Lipinski definition) is 1. The number of carbonyl (C=O) groups excluding carboxylic acids is 2. The number of rotatable bonds is 4. The van der Waals surface area contributed by atoms with Gasteiger partial charge in [-0.15, -0.1) is 0 Å². The van der Waals surface area contributed by atoms with Gasteiger partial charge in [0, 0.05) is 30.8 Å². The van der Waals surface area contributed by atoms with E-state index in [1.54, 1.807) is 23.1 Å². The molecule has 1 atom stereocenters. The first-order valence-corrected chi connectivity index (χ1v) is 9.32. The number of nitrogens with one attached hydrogen (secondary N) is 1. The Kier molecular flexibility index (Phi) is 5.89. The van der Waals surface area contributed by atoms with Crippen molar-refractivity contribution in [3.8, 4) is 0 Å². The standard InChI is InChI=1S/C22H25FN2O2/c1-15-10-16(2)12-19(11-15)22(27)25-9-5-7-18(14-25)21(26)24-13-17-6-3-4-8-20(17)23/h3-4,6,8,10-12,18H,5,7,9,13-14H2,1-2H3,(H,24,26)/t18-/m1/s1. The molecule has 1 aliphatic heterocycles. The molecule has 27 heavy (non-hydrogen) atoms. The van der Waals surface area contributed by atoms with E-state index in [9.17, 15) is 14.0 Å². The largest absolute Gasteiger partial charge is 0.352 e. The van der Waals surface area contributed by atoms with Crippen LogP contribution in [-0.4, -0.2) is 29.8 Å². The number of aryl methyl sites for hydroxylation is 2. The Balaban J connectivity index is 1.62. The molecule has 4 nitrogen and oxygen atoms in total. The van der Waals surface area contributed by atoms with Gasteiger partial charge in [-0.2, -0.15) is 0 Å². The minimum atomic E-state index is -0.326. The lowest BCUT2D eigenvalue weighted by Gasteiger charge is -2.32. The van der Waals surface area contributed by atoms with Crippen molar-refractivity contribution in [2.24, 2.45) is 5.92 Å². The molecular formula is C22H25FN2O2. The molecule has 1 heterocycles. The topological polar surface area (TPSA) is 49.4 Å². The summed E-state index contributed by atoms with van der Waals surface area (Å²) in [5.41, 5.74) is 3.23. The van der Waals surface area contributed by atoms with Crippen LogP contribution in [0.5, 0.6) is 0 Å². The van der Waals surface area contributed by atoms with Gasteiger partial charge in [-0.05, 0) is 44.9 Å². The number of benzene rings is 2. The summed E-state index contributed by atoms with van der Waals surface area (Å²) in [6.45, 7) is 5.16. The van der Waals surface area contributed by atoms with Gasteiger partial charge in [-0.1, -0.05) is 35.4 Å². The van der Waals surface area contributed by atoms with Crippen molar-refractivity contribution >= 4 is 11.8 Å². The maximum Gasteiger partial charge on any atom is 0.253 e. The first-order valence-electron chi connectivity index (χ1n) is 9.32. The van der Waals surface area contributed by atoms with E-state index in [1.165, 1.54) is 6.07 Å². The van der Waals surface area contributed by atoms with Crippen molar-refractivity contribution in [1.29, 1.82) is 0 Å². The zero-order valence-corrected chi connectivity index (χ0v) is 15.8. The highest BCUT2D eigenvalue weighted by molar-refractivity contribution is 5.95. The fraction of sp³-hybridized carbons (Fsp3) is 0.364. The van der Waals surface area contributed by atoms with Crippen LogP contribution in [0, 0.1) is 25.6 Å². The minimum absolute atomic E-state index is 0.0339. The average molecular weight is 368 g/mol. The van der Waals surface area contributed by atoms with Crippen molar-refractivity contribution in [2.75, 3.05) is 13.1 Å². The Morgan fingerprint density at radius 2 is 1.85 bits per heavy atom. The summed E-state index contributed by atoms with van der Waals surface area (Å²) < 4.78 is 13.7. The molecule has 0 radical (unpaired) electrons. The molecule has 3 rings (SSSR count). The van der Waals surface area contributed by atoms with Crippen molar-refractivity contribution < 1.29 is 14.0 Å². The first-order chi connectivity index (χ1) is 12.9. The van der Waals surface area contributed by atoms with Gasteiger partial charge in [0.1, 0.15) is 5.82 Å². The third kappa shape index (κ3) is 4.73. The van der Waals surface area contributed by atoms with Crippen LogP contribution in [0.1, 0.15) is 39.9 Å².